The molecule has 1 aliphatic heterocycles. The Morgan fingerprint density at radius 1 is 1.29 bits per heavy atom. The Hall–Kier alpha value is -0.840. The van der Waals surface area contributed by atoms with Crippen LogP contribution in [0, 0.1) is 12.7 Å². The lowest BCUT2D eigenvalue weighted by Crippen LogP contribution is -2.24. The highest BCUT2D eigenvalue weighted by atomic mass is 79.9. The standard InChI is InChI=1S/C17H17BrFNS/c1-11-8-12(2-4-15(11)18)10-20-16-6-7-21-17-5-3-13(19)9-14(16)17/h2-5,8-9,16,20H,6-7,10H2,1H3. The summed E-state index contributed by atoms with van der Waals surface area (Å²) in [6, 6.07) is 11.7. The van der Waals surface area contributed by atoms with E-state index in [1.807, 2.05) is 17.8 Å². The second kappa shape index (κ2) is 6.51. The molecule has 3 rings (SSSR count). The number of aryl methyl sites for hydroxylation is 1. The van der Waals surface area contributed by atoms with E-state index >= 15 is 0 Å². The van der Waals surface area contributed by atoms with Gasteiger partial charge in [-0.2, -0.15) is 0 Å². The van der Waals surface area contributed by atoms with Gasteiger partial charge < -0.3 is 5.32 Å². The zero-order valence-corrected chi connectivity index (χ0v) is 14.2. The van der Waals surface area contributed by atoms with E-state index in [-0.39, 0.29) is 11.9 Å². The summed E-state index contributed by atoms with van der Waals surface area (Å²) < 4.78 is 14.6. The Balaban J connectivity index is 1.74. The Morgan fingerprint density at radius 3 is 2.95 bits per heavy atom. The maximum Gasteiger partial charge on any atom is 0.123 e. The van der Waals surface area contributed by atoms with Gasteiger partial charge in [0.05, 0.1) is 0 Å². The molecular formula is C17H17BrFNS. The SMILES string of the molecule is Cc1cc(CNC2CCSc3ccc(F)cc32)ccc1Br. The number of halogens is 2. The third-order valence-corrected chi connectivity index (χ3v) is 5.80. The van der Waals surface area contributed by atoms with Crippen LogP contribution in [-0.4, -0.2) is 5.75 Å². The van der Waals surface area contributed by atoms with Crippen LogP contribution in [0.2, 0.25) is 0 Å². The molecule has 21 heavy (non-hydrogen) atoms. The van der Waals surface area contributed by atoms with E-state index in [1.54, 1.807) is 12.1 Å². The number of hydrogen-bond acceptors (Lipinski definition) is 2. The van der Waals surface area contributed by atoms with Crippen LogP contribution < -0.4 is 5.32 Å². The van der Waals surface area contributed by atoms with Crippen molar-refractivity contribution in [2.24, 2.45) is 0 Å². The first-order chi connectivity index (χ1) is 10.1. The average molecular weight is 366 g/mol. The van der Waals surface area contributed by atoms with Crippen molar-refractivity contribution in [2.75, 3.05) is 5.75 Å². The van der Waals surface area contributed by atoms with Gasteiger partial charge in [0, 0.05) is 22.0 Å². The first-order valence-electron chi connectivity index (χ1n) is 7.04. The summed E-state index contributed by atoms with van der Waals surface area (Å²) in [5.74, 6) is 0.929. The van der Waals surface area contributed by atoms with E-state index in [2.05, 4.69) is 46.4 Å². The van der Waals surface area contributed by atoms with Crippen LogP contribution in [0.4, 0.5) is 4.39 Å². The van der Waals surface area contributed by atoms with Crippen molar-refractivity contribution in [3.8, 4) is 0 Å². The smallest absolute Gasteiger partial charge is 0.123 e. The summed E-state index contributed by atoms with van der Waals surface area (Å²) in [4.78, 5) is 1.20. The normalized spacial score (nSPS) is 17.6. The molecule has 0 fully saturated rings. The van der Waals surface area contributed by atoms with E-state index in [0.717, 1.165) is 28.8 Å². The van der Waals surface area contributed by atoms with Crippen LogP contribution in [0.1, 0.15) is 29.2 Å². The molecule has 0 aliphatic carbocycles. The van der Waals surface area contributed by atoms with E-state index in [4.69, 9.17) is 0 Å². The highest BCUT2D eigenvalue weighted by Crippen LogP contribution is 2.36. The first kappa shape index (κ1) is 15.1. The van der Waals surface area contributed by atoms with Crippen LogP contribution in [-0.2, 0) is 6.54 Å². The lowest BCUT2D eigenvalue weighted by Gasteiger charge is -2.26. The molecule has 2 aromatic rings. The van der Waals surface area contributed by atoms with E-state index in [9.17, 15) is 4.39 Å². The van der Waals surface area contributed by atoms with Crippen LogP contribution in [0.3, 0.4) is 0 Å². The topological polar surface area (TPSA) is 12.0 Å². The minimum Gasteiger partial charge on any atom is -0.306 e. The van der Waals surface area contributed by atoms with Gasteiger partial charge >= 0.3 is 0 Å². The molecule has 4 heteroatoms. The summed E-state index contributed by atoms with van der Waals surface area (Å²) in [7, 11) is 0. The molecule has 0 bridgehead atoms. The highest BCUT2D eigenvalue weighted by molar-refractivity contribution is 9.10. The maximum atomic E-state index is 13.5. The lowest BCUT2D eigenvalue weighted by molar-refractivity contribution is 0.504. The van der Waals surface area contributed by atoms with Gasteiger partial charge in [-0.3, -0.25) is 0 Å². The molecule has 0 radical (unpaired) electrons. The largest absolute Gasteiger partial charge is 0.306 e. The van der Waals surface area contributed by atoms with Gasteiger partial charge in [0.15, 0.2) is 0 Å². The molecule has 0 spiro atoms. The fourth-order valence-corrected chi connectivity index (χ4v) is 3.99. The molecule has 1 nitrogen and oxygen atoms in total. The zero-order chi connectivity index (χ0) is 14.8. The highest BCUT2D eigenvalue weighted by Gasteiger charge is 2.20. The van der Waals surface area contributed by atoms with E-state index in [1.165, 1.54) is 16.0 Å². The number of hydrogen-bond donors (Lipinski definition) is 1. The number of rotatable bonds is 3. The van der Waals surface area contributed by atoms with Crippen LogP contribution >= 0.6 is 27.7 Å². The maximum absolute atomic E-state index is 13.5. The van der Waals surface area contributed by atoms with Crippen LogP contribution in [0.25, 0.3) is 0 Å². The monoisotopic (exact) mass is 365 g/mol. The number of fused-ring (bicyclic) bond motifs is 1. The molecule has 110 valence electrons. The molecule has 1 heterocycles. The molecule has 0 saturated carbocycles. The van der Waals surface area contributed by atoms with E-state index in [0.29, 0.717) is 0 Å². The second-order valence-corrected chi connectivity index (χ2v) is 7.33. The van der Waals surface area contributed by atoms with Crippen LogP contribution in [0.5, 0.6) is 0 Å². The van der Waals surface area contributed by atoms with Crippen molar-refractivity contribution in [1.29, 1.82) is 0 Å². The van der Waals surface area contributed by atoms with Crippen molar-refractivity contribution in [3.63, 3.8) is 0 Å². The van der Waals surface area contributed by atoms with Crippen molar-refractivity contribution in [2.45, 2.75) is 30.8 Å². The van der Waals surface area contributed by atoms with Gasteiger partial charge in [0.1, 0.15) is 5.82 Å². The predicted octanol–water partition coefficient (Wildman–Crippen LogP) is 5.22. The van der Waals surface area contributed by atoms with Gasteiger partial charge in [-0.1, -0.05) is 28.1 Å². The molecular weight excluding hydrogens is 349 g/mol. The fraction of sp³-hybridized carbons (Fsp3) is 0.294. The lowest BCUT2D eigenvalue weighted by atomic mass is 10.0. The third-order valence-electron chi connectivity index (χ3n) is 3.79. The first-order valence-corrected chi connectivity index (χ1v) is 8.82. The van der Waals surface area contributed by atoms with Crippen LogP contribution in [0.15, 0.2) is 45.8 Å². The molecule has 0 amide bonds. The summed E-state index contributed by atoms with van der Waals surface area (Å²) >= 11 is 5.34. The zero-order valence-electron chi connectivity index (χ0n) is 11.8. The molecule has 0 saturated heterocycles. The minimum absolute atomic E-state index is 0.150. The Bertz CT molecular complexity index is 659. The summed E-state index contributed by atoms with van der Waals surface area (Å²) in [6.45, 7) is 2.90. The average Bonchev–Trinajstić information content (AvgIpc) is 2.48. The number of nitrogens with one attached hydrogen (secondary N) is 1. The van der Waals surface area contributed by atoms with Gasteiger partial charge in [0.25, 0.3) is 0 Å². The summed E-state index contributed by atoms with van der Waals surface area (Å²) in [6.07, 6.45) is 1.04. The Labute approximate surface area is 137 Å². The number of thioether (sulfide) groups is 1. The van der Waals surface area contributed by atoms with Gasteiger partial charge in [-0.25, -0.2) is 4.39 Å². The second-order valence-electron chi connectivity index (χ2n) is 5.34. The Morgan fingerprint density at radius 2 is 2.14 bits per heavy atom. The van der Waals surface area contributed by atoms with Crippen molar-refractivity contribution in [3.05, 3.63) is 63.4 Å². The Kier molecular flexibility index (Phi) is 4.67. The molecule has 1 unspecified atom stereocenters. The van der Waals surface area contributed by atoms with Crippen molar-refractivity contribution < 1.29 is 4.39 Å². The van der Waals surface area contributed by atoms with Gasteiger partial charge in [-0.05, 0) is 60.1 Å². The van der Waals surface area contributed by atoms with Crippen molar-refractivity contribution >= 4 is 27.7 Å². The molecule has 0 aromatic heterocycles. The van der Waals surface area contributed by atoms with Crippen molar-refractivity contribution in [1.82, 2.24) is 5.32 Å². The predicted molar refractivity (Wildman–Crippen MR) is 90.2 cm³/mol. The van der Waals surface area contributed by atoms with Gasteiger partial charge in [-0.15, -0.1) is 11.8 Å². The molecule has 1 aliphatic rings. The quantitative estimate of drug-likeness (QED) is 0.799. The fourth-order valence-electron chi connectivity index (χ4n) is 2.64. The number of benzene rings is 2. The summed E-state index contributed by atoms with van der Waals surface area (Å²) in [5, 5.41) is 3.57. The molecule has 2 aromatic carbocycles. The summed E-state index contributed by atoms with van der Waals surface area (Å²) in [5.41, 5.74) is 3.59. The van der Waals surface area contributed by atoms with Gasteiger partial charge in [0.2, 0.25) is 0 Å². The third kappa shape index (κ3) is 3.50. The molecule has 1 N–H and O–H groups in total. The minimum atomic E-state index is -0.150. The van der Waals surface area contributed by atoms with E-state index < -0.39 is 0 Å². The molecule has 1 atom stereocenters.